The minimum Gasteiger partial charge on any atom is -0.493 e. The number of nitrogens with two attached hydrogens (primary N) is 1. The number of likely N-dealkylation sites (tertiary alicyclic amines) is 1. The summed E-state index contributed by atoms with van der Waals surface area (Å²) in [6.45, 7) is 5.90. The van der Waals surface area contributed by atoms with Crippen LogP contribution in [0, 0.1) is 17.2 Å². The third-order valence-electron chi connectivity index (χ3n) is 6.53. The number of carbonyl (C=O) groups excluding carboxylic acids is 2. The van der Waals surface area contributed by atoms with Crippen LogP contribution in [0.4, 0.5) is 0 Å². The molecule has 0 aromatic heterocycles. The molecule has 2 amide bonds. The van der Waals surface area contributed by atoms with Gasteiger partial charge in [0, 0.05) is 38.0 Å². The molecule has 0 aliphatic carbocycles. The number of benzene rings is 2. The number of carbonyl (C=O) groups is 2. The fourth-order valence-corrected chi connectivity index (χ4v) is 4.48. The van der Waals surface area contributed by atoms with Gasteiger partial charge in [-0.25, -0.2) is 0 Å². The van der Waals surface area contributed by atoms with Gasteiger partial charge in [-0.3, -0.25) is 14.6 Å². The van der Waals surface area contributed by atoms with Crippen LogP contribution < -0.4 is 15.8 Å². The van der Waals surface area contributed by atoms with Gasteiger partial charge in [0.25, 0.3) is 0 Å². The molecule has 1 saturated heterocycles. The largest absolute Gasteiger partial charge is 0.493 e. The number of rotatable bonds is 10. The molecule has 2 aromatic carbocycles. The first-order valence-corrected chi connectivity index (χ1v) is 11.8. The minimum absolute atomic E-state index is 0.0739. The van der Waals surface area contributed by atoms with Crippen molar-refractivity contribution in [3.05, 3.63) is 78.4 Å². The number of amides is 2. The summed E-state index contributed by atoms with van der Waals surface area (Å²) < 4.78 is 5.83. The van der Waals surface area contributed by atoms with Gasteiger partial charge < -0.3 is 26.1 Å². The zero-order valence-electron chi connectivity index (χ0n) is 19.7. The molecule has 182 valence electrons. The number of aliphatic imine (C=N–C) groups is 1. The molecule has 2 unspecified atom stereocenters. The Hall–Kier alpha value is -3.94. The average molecular weight is 474 g/mol. The number of hydrogen-bond acceptors (Lipinski definition) is 6. The maximum atomic E-state index is 12.4. The van der Waals surface area contributed by atoms with Crippen LogP contribution >= 0.6 is 0 Å². The van der Waals surface area contributed by atoms with E-state index in [0.717, 1.165) is 12.8 Å². The van der Waals surface area contributed by atoms with E-state index in [9.17, 15) is 9.59 Å². The summed E-state index contributed by atoms with van der Waals surface area (Å²) in [6, 6.07) is 17.3. The molecule has 35 heavy (non-hydrogen) atoms. The summed E-state index contributed by atoms with van der Waals surface area (Å²) in [5, 5.41) is 12.0. The van der Waals surface area contributed by atoms with Crippen molar-refractivity contribution in [2.45, 2.75) is 18.9 Å². The lowest BCUT2D eigenvalue weighted by atomic mass is 9.86. The van der Waals surface area contributed by atoms with E-state index < -0.39 is 11.8 Å². The molecule has 2 aromatic rings. The Morgan fingerprint density at radius 2 is 1.91 bits per heavy atom. The van der Waals surface area contributed by atoms with E-state index in [1.54, 1.807) is 29.2 Å². The molecule has 0 spiro atoms. The van der Waals surface area contributed by atoms with Gasteiger partial charge in [0.2, 0.25) is 11.8 Å². The molecule has 2 heterocycles. The monoisotopic (exact) mass is 473 g/mol. The van der Waals surface area contributed by atoms with Crippen LogP contribution in [0.1, 0.15) is 17.5 Å². The van der Waals surface area contributed by atoms with E-state index in [-0.39, 0.29) is 23.6 Å². The lowest BCUT2D eigenvalue weighted by molar-refractivity contribution is -0.132. The Morgan fingerprint density at radius 3 is 2.57 bits per heavy atom. The van der Waals surface area contributed by atoms with Gasteiger partial charge >= 0.3 is 0 Å². The second-order valence-electron chi connectivity index (χ2n) is 8.87. The highest BCUT2D eigenvalue weighted by Crippen LogP contribution is 2.25. The van der Waals surface area contributed by atoms with E-state index in [2.05, 4.69) is 29.0 Å². The molecule has 4 N–H and O–H groups in total. The van der Waals surface area contributed by atoms with Crippen LogP contribution in [0.15, 0.2) is 72.2 Å². The van der Waals surface area contributed by atoms with Gasteiger partial charge in [-0.2, -0.15) is 0 Å². The highest BCUT2D eigenvalue weighted by molar-refractivity contribution is 6.25. The van der Waals surface area contributed by atoms with Gasteiger partial charge in [0.15, 0.2) is 0 Å². The molecular weight excluding hydrogens is 442 g/mol. The van der Waals surface area contributed by atoms with Gasteiger partial charge in [0.1, 0.15) is 17.5 Å². The smallest absolute Gasteiger partial charge is 0.245 e. The normalized spacial score (nSPS) is 18.5. The molecule has 4 rings (SSSR count). The summed E-state index contributed by atoms with van der Waals surface area (Å²) in [4.78, 5) is 30.3. The fraction of sp³-hybridized carbons (Fsp3) is 0.333. The van der Waals surface area contributed by atoms with Crippen molar-refractivity contribution < 1.29 is 14.3 Å². The molecule has 2 aliphatic heterocycles. The van der Waals surface area contributed by atoms with Crippen molar-refractivity contribution in [1.82, 2.24) is 10.2 Å². The highest BCUT2D eigenvalue weighted by Gasteiger charge is 2.39. The second-order valence-corrected chi connectivity index (χ2v) is 8.87. The molecule has 0 radical (unpaired) electrons. The van der Waals surface area contributed by atoms with Crippen LogP contribution in [-0.4, -0.2) is 60.5 Å². The van der Waals surface area contributed by atoms with Crippen molar-refractivity contribution in [2.24, 2.45) is 22.6 Å². The Balaban J connectivity index is 1.35. The summed E-state index contributed by atoms with van der Waals surface area (Å²) in [6.07, 6.45) is 2.93. The fourth-order valence-electron chi connectivity index (χ4n) is 4.48. The van der Waals surface area contributed by atoms with Crippen molar-refractivity contribution >= 4 is 23.4 Å². The predicted octanol–water partition coefficient (Wildman–Crippen LogP) is 2.18. The SMILES string of the molecule is C=CC(=O)N1CC(C2CCN=C(C(C(=N)c3ccc(OCCc4ccccc4)cc3)C(N)=O)N2)C1. The highest BCUT2D eigenvalue weighted by atomic mass is 16.5. The van der Waals surface area contributed by atoms with Crippen LogP contribution in [0.3, 0.4) is 0 Å². The zero-order valence-corrected chi connectivity index (χ0v) is 19.7. The quantitative estimate of drug-likeness (QED) is 0.362. The minimum atomic E-state index is -0.964. The first-order chi connectivity index (χ1) is 17.0. The number of hydrogen-bond donors (Lipinski definition) is 3. The summed E-state index contributed by atoms with van der Waals surface area (Å²) in [7, 11) is 0. The lowest BCUT2D eigenvalue weighted by Gasteiger charge is -2.44. The van der Waals surface area contributed by atoms with Gasteiger partial charge in [-0.1, -0.05) is 36.9 Å². The molecule has 2 atom stereocenters. The molecule has 8 heteroatoms. The van der Waals surface area contributed by atoms with Crippen molar-refractivity contribution in [2.75, 3.05) is 26.2 Å². The predicted molar refractivity (Wildman–Crippen MR) is 136 cm³/mol. The molecule has 0 bridgehead atoms. The molecule has 0 saturated carbocycles. The lowest BCUT2D eigenvalue weighted by Crippen LogP contribution is -2.60. The Morgan fingerprint density at radius 1 is 1.20 bits per heavy atom. The first-order valence-electron chi connectivity index (χ1n) is 11.8. The molecule has 1 fully saturated rings. The number of primary amides is 1. The van der Waals surface area contributed by atoms with Crippen molar-refractivity contribution in [1.29, 1.82) is 5.41 Å². The van der Waals surface area contributed by atoms with Crippen LogP contribution in [-0.2, 0) is 16.0 Å². The van der Waals surface area contributed by atoms with Gasteiger partial charge in [-0.05, 0) is 47.9 Å². The number of nitrogens with zero attached hydrogens (tertiary/aromatic N) is 2. The summed E-state index contributed by atoms with van der Waals surface area (Å²) in [5.41, 5.74) is 7.60. The molecule has 2 aliphatic rings. The molecule has 8 nitrogen and oxygen atoms in total. The standard InChI is InChI=1S/C27H31N5O3/c1-2-23(33)32-16-20(17-32)22-12-14-30-27(31-22)24(26(29)34)25(28)19-8-10-21(11-9-19)35-15-13-18-6-4-3-5-7-18/h2-11,20,22,24,28H,1,12-17H2,(H2,29,34)(H,30,31). The third kappa shape index (κ3) is 5.77. The first kappa shape index (κ1) is 24.2. The van der Waals surface area contributed by atoms with Crippen molar-refractivity contribution in [3.63, 3.8) is 0 Å². The van der Waals surface area contributed by atoms with Crippen LogP contribution in [0.2, 0.25) is 0 Å². The van der Waals surface area contributed by atoms with E-state index >= 15 is 0 Å². The molecular formula is C27H31N5O3. The summed E-state index contributed by atoms with van der Waals surface area (Å²) >= 11 is 0. The maximum Gasteiger partial charge on any atom is 0.245 e. The summed E-state index contributed by atoms with van der Waals surface area (Å²) in [5.74, 6) is -0.272. The Kier molecular flexibility index (Phi) is 7.60. The average Bonchev–Trinajstić information content (AvgIpc) is 2.84. The maximum absolute atomic E-state index is 12.4. The van der Waals surface area contributed by atoms with Crippen molar-refractivity contribution in [3.8, 4) is 5.75 Å². The van der Waals surface area contributed by atoms with E-state index in [0.29, 0.717) is 43.4 Å². The van der Waals surface area contributed by atoms with Crippen LogP contribution in [0.25, 0.3) is 0 Å². The van der Waals surface area contributed by atoms with Gasteiger partial charge in [0.05, 0.1) is 12.3 Å². The van der Waals surface area contributed by atoms with E-state index in [4.69, 9.17) is 15.9 Å². The Labute approximate surface area is 205 Å². The number of nitrogens with one attached hydrogen (secondary N) is 2. The number of amidine groups is 1. The third-order valence-corrected chi connectivity index (χ3v) is 6.53. The van der Waals surface area contributed by atoms with E-state index in [1.165, 1.54) is 11.6 Å². The second kappa shape index (κ2) is 11.0. The van der Waals surface area contributed by atoms with E-state index in [1.807, 2.05) is 18.2 Å². The van der Waals surface area contributed by atoms with Crippen LogP contribution in [0.5, 0.6) is 5.75 Å². The Bertz CT molecular complexity index is 1110. The number of ether oxygens (including phenoxy) is 1. The topological polar surface area (TPSA) is 121 Å². The zero-order chi connectivity index (χ0) is 24.8. The van der Waals surface area contributed by atoms with Gasteiger partial charge in [-0.15, -0.1) is 0 Å².